The third kappa shape index (κ3) is 4.87. The zero-order valence-corrected chi connectivity index (χ0v) is 12.7. The molecule has 1 heterocycles. The molecule has 0 saturated carbocycles. The van der Waals surface area contributed by atoms with Gasteiger partial charge < -0.3 is 11.1 Å². The van der Waals surface area contributed by atoms with Gasteiger partial charge in [-0.2, -0.15) is 5.10 Å². The summed E-state index contributed by atoms with van der Waals surface area (Å²) in [7, 11) is 0. The number of nitrogens with one attached hydrogen (secondary N) is 2. The molecule has 2 rings (SSSR count). The average Bonchev–Trinajstić information content (AvgIpc) is 2.99. The molecule has 7 heteroatoms. The van der Waals surface area contributed by atoms with Crippen molar-refractivity contribution in [3.63, 3.8) is 0 Å². The van der Waals surface area contributed by atoms with E-state index >= 15 is 0 Å². The summed E-state index contributed by atoms with van der Waals surface area (Å²) in [5.41, 5.74) is 6.25. The molecule has 4 N–H and O–H groups in total. The molecule has 21 heavy (non-hydrogen) atoms. The number of aromatic nitrogens is 3. The zero-order chi connectivity index (χ0) is 15.1. The summed E-state index contributed by atoms with van der Waals surface area (Å²) in [6.45, 7) is 2.53. The SMILES string of the molecule is CC(CCCN)C(=O)Nc1ccc(Sc2ncn[nH]2)cc1. The van der Waals surface area contributed by atoms with E-state index in [1.165, 1.54) is 18.1 Å². The van der Waals surface area contributed by atoms with E-state index in [4.69, 9.17) is 5.73 Å². The molecular formula is C14H19N5OS. The summed E-state index contributed by atoms with van der Waals surface area (Å²) in [5, 5.41) is 10.2. The van der Waals surface area contributed by atoms with Crippen molar-refractivity contribution in [1.29, 1.82) is 0 Å². The predicted octanol–water partition coefficient (Wildman–Crippen LogP) is 2.27. The lowest BCUT2D eigenvalue weighted by Gasteiger charge is -2.11. The fourth-order valence-electron chi connectivity index (χ4n) is 1.78. The van der Waals surface area contributed by atoms with Gasteiger partial charge in [-0.15, -0.1) is 0 Å². The first-order valence-electron chi connectivity index (χ1n) is 6.83. The minimum absolute atomic E-state index is 0.0269. The number of carbonyl (C=O) groups excluding carboxylic acids is 1. The number of amides is 1. The molecule has 1 aromatic carbocycles. The molecule has 0 bridgehead atoms. The van der Waals surface area contributed by atoms with Gasteiger partial charge in [-0.05, 0) is 43.7 Å². The summed E-state index contributed by atoms with van der Waals surface area (Å²) in [6, 6.07) is 7.64. The highest BCUT2D eigenvalue weighted by Gasteiger charge is 2.12. The highest BCUT2D eigenvalue weighted by atomic mass is 32.2. The molecule has 1 aromatic heterocycles. The van der Waals surface area contributed by atoms with Crippen LogP contribution in [0.3, 0.4) is 0 Å². The van der Waals surface area contributed by atoms with Gasteiger partial charge in [0, 0.05) is 16.5 Å². The van der Waals surface area contributed by atoms with Gasteiger partial charge in [0.15, 0.2) is 5.16 Å². The van der Waals surface area contributed by atoms with Crippen molar-refractivity contribution in [3.8, 4) is 0 Å². The van der Waals surface area contributed by atoms with Crippen LogP contribution in [0.4, 0.5) is 5.69 Å². The normalized spacial score (nSPS) is 12.1. The lowest BCUT2D eigenvalue weighted by Crippen LogP contribution is -2.21. The standard InChI is InChI=1S/C14H19N5OS/c1-10(3-2-8-15)13(20)18-11-4-6-12(7-5-11)21-14-16-9-17-19-14/h4-7,9-10H,2-3,8,15H2,1H3,(H,18,20)(H,16,17,19). The van der Waals surface area contributed by atoms with Crippen LogP contribution >= 0.6 is 11.8 Å². The van der Waals surface area contributed by atoms with E-state index in [1.807, 2.05) is 31.2 Å². The summed E-state index contributed by atoms with van der Waals surface area (Å²) >= 11 is 1.48. The largest absolute Gasteiger partial charge is 0.330 e. The van der Waals surface area contributed by atoms with Crippen molar-refractivity contribution in [2.24, 2.45) is 11.7 Å². The number of hydrogen-bond donors (Lipinski definition) is 3. The van der Waals surface area contributed by atoms with Crippen molar-refractivity contribution in [1.82, 2.24) is 15.2 Å². The molecule has 112 valence electrons. The van der Waals surface area contributed by atoms with Crippen LogP contribution in [0.1, 0.15) is 19.8 Å². The van der Waals surface area contributed by atoms with Crippen LogP contribution < -0.4 is 11.1 Å². The van der Waals surface area contributed by atoms with Crippen LogP contribution in [-0.4, -0.2) is 27.6 Å². The molecule has 0 saturated heterocycles. The maximum Gasteiger partial charge on any atom is 0.227 e. The number of carbonyl (C=O) groups is 1. The summed E-state index contributed by atoms with van der Waals surface area (Å²) in [5.74, 6) is -0.00381. The number of rotatable bonds is 7. The molecule has 6 nitrogen and oxygen atoms in total. The Kier molecular flexibility index (Phi) is 5.77. The van der Waals surface area contributed by atoms with E-state index in [2.05, 4.69) is 20.5 Å². The molecule has 1 atom stereocenters. The van der Waals surface area contributed by atoms with E-state index in [1.54, 1.807) is 0 Å². The first kappa shape index (κ1) is 15.5. The second kappa shape index (κ2) is 7.80. The molecule has 2 aromatic rings. The van der Waals surface area contributed by atoms with Gasteiger partial charge in [-0.1, -0.05) is 18.7 Å². The second-order valence-corrected chi connectivity index (χ2v) is 5.80. The highest BCUT2D eigenvalue weighted by molar-refractivity contribution is 7.99. The van der Waals surface area contributed by atoms with E-state index in [0.717, 1.165) is 28.6 Å². The number of H-pyrrole nitrogens is 1. The molecule has 0 spiro atoms. The maximum atomic E-state index is 12.0. The number of anilines is 1. The van der Waals surface area contributed by atoms with Crippen molar-refractivity contribution in [3.05, 3.63) is 30.6 Å². The lowest BCUT2D eigenvalue weighted by molar-refractivity contribution is -0.119. The molecule has 0 radical (unpaired) electrons. The number of benzene rings is 1. The van der Waals surface area contributed by atoms with E-state index < -0.39 is 0 Å². The topological polar surface area (TPSA) is 96.7 Å². The van der Waals surface area contributed by atoms with Crippen molar-refractivity contribution >= 4 is 23.4 Å². The number of aromatic amines is 1. The Morgan fingerprint density at radius 1 is 1.43 bits per heavy atom. The van der Waals surface area contributed by atoms with Crippen molar-refractivity contribution in [2.75, 3.05) is 11.9 Å². The van der Waals surface area contributed by atoms with Crippen LogP contribution in [-0.2, 0) is 4.79 Å². The molecule has 1 unspecified atom stereocenters. The second-order valence-electron chi connectivity index (χ2n) is 4.74. The Hall–Kier alpha value is -1.86. The lowest BCUT2D eigenvalue weighted by atomic mass is 10.0. The molecular weight excluding hydrogens is 286 g/mol. The number of nitrogens with two attached hydrogens (primary N) is 1. The first-order chi connectivity index (χ1) is 10.2. The Balaban J connectivity index is 1.88. The third-order valence-electron chi connectivity index (χ3n) is 3.02. The Morgan fingerprint density at radius 2 is 2.19 bits per heavy atom. The van der Waals surface area contributed by atoms with Gasteiger partial charge in [0.05, 0.1) is 0 Å². The van der Waals surface area contributed by atoms with E-state index in [0.29, 0.717) is 6.54 Å². The van der Waals surface area contributed by atoms with Crippen LogP contribution in [0.25, 0.3) is 0 Å². The van der Waals surface area contributed by atoms with E-state index in [-0.39, 0.29) is 11.8 Å². The Bertz CT molecular complexity index is 555. The molecule has 0 aliphatic heterocycles. The first-order valence-corrected chi connectivity index (χ1v) is 7.65. The molecule has 0 fully saturated rings. The predicted molar refractivity (Wildman–Crippen MR) is 83.0 cm³/mol. The summed E-state index contributed by atoms with van der Waals surface area (Å²) in [4.78, 5) is 17.1. The van der Waals surface area contributed by atoms with Crippen LogP contribution in [0, 0.1) is 5.92 Å². The van der Waals surface area contributed by atoms with Crippen molar-refractivity contribution in [2.45, 2.75) is 29.8 Å². The van der Waals surface area contributed by atoms with Gasteiger partial charge in [-0.3, -0.25) is 9.89 Å². The molecule has 0 aliphatic rings. The van der Waals surface area contributed by atoms with Gasteiger partial charge >= 0.3 is 0 Å². The van der Waals surface area contributed by atoms with Crippen molar-refractivity contribution < 1.29 is 4.79 Å². The quantitative estimate of drug-likeness (QED) is 0.729. The highest BCUT2D eigenvalue weighted by Crippen LogP contribution is 2.25. The molecule has 0 aliphatic carbocycles. The third-order valence-corrected chi connectivity index (χ3v) is 3.92. The fourth-order valence-corrected chi connectivity index (χ4v) is 2.48. The Morgan fingerprint density at radius 3 is 2.81 bits per heavy atom. The van der Waals surface area contributed by atoms with Crippen LogP contribution in [0.15, 0.2) is 40.6 Å². The number of nitrogens with zero attached hydrogens (tertiary/aromatic N) is 2. The van der Waals surface area contributed by atoms with Crippen LogP contribution in [0.5, 0.6) is 0 Å². The van der Waals surface area contributed by atoms with E-state index in [9.17, 15) is 4.79 Å². The summed E-state index contributed by atoms with van der Waals surface area (Å²) < 4.78 is 0. The zero-order valence-electron chi connectivity index (χ0n) is 11.9. The minimum Gasteiger partial charge on any atom is -0.330 e. The smallest absolute Gasteiger partial charge is 0.227 e. The molecule has 1 amide bonds. The average molecular weight is 305 g/mol. The van der Waals surface area contributed by atoms with Gasteiger partial charge in [0.2, 0.25) is 5.91 Å². The fraction of sp³-hybridized carbons (Fsp3) is 0.357. The summed E-state index contributed by atoms with van der Waals surface area (Å²) in [6.07, 6.45) is 3.14. The Labute approximate surface area is 127 Å². The maximum absolute atomic E-state index is 12.0. The van der Waals surface area contributed by atoms with Crippen LogP contribution in [0.2, 0.25) is 0 Å². The number of hydrogen-bond acceptors (Lipinski definition) is 5. The van der Waals surface area contributed by atoms with Gasteiger partial charge in [-0.25, -0.2) is 4.98 Å². The minimum atomic E-state index is -0.0307. The van der Waals surface area contributed by atoms with Gasteiger partial charge in [0.1, 0.15) is 6.33 Å². The monoisotopic (exact) mass is 305 g/mol. The van der Waals surface area contributed by atoms with Gasteiger partial charge in [0.25, 0.3) is 0 Å².